The standard InChI is InChI=1S/C16H22N2O6/c1-2-6-14(19)22-11-9-17-15(20)18-10-12-23-16(21)24-13-7-4-3-5-8-13/h3-5,7-8H,2,6,9-12H2,1H3,(H2,17,18,20). The number of benzene rings is 1. The maximum atomic E-state index is 11.4. The molecule has 0 aromatic heterocycles. The molecule has 0 fully saturated rings. The molecular weight excluding hydrogens is 316 g/mol. The first-order valence-electron chi connectivity index (χ1n) is 7.68. The van der Waals surface area contributed by atoms with Crippen LogP contribution >= 0.6 is 0 Å². The van der Waals surface area contributed by atoms with Crippen LogP contribution in [0.3, 0.4) is 0 Å². The van der Waals surface area contributed by atoms with Gasteiger partial charge in [-0.15, -0.1) is 0 Å². The molecule has 0 aliphatic rings. The van der Waals surface area contributed by atoms with Crippen molar-refractivity contribution in [2.45, 2.75) is 19.8 Å². The summed E-state index contributed by atoms with van der Waals surface area (Å²) in [6.07, 6.45) is 0.244. The minimum Gasteiger partial charge on any atom is -0.464 e. The molecule has 0 saturated carbocycles. The molecule has 132 valence electrons. The largest absolute Gasteiger partial charge is 0.513 e. The normalized spacial score (nSPS) is 9.71. The molecule has 0 heterocycles. The van der Waals surface area contributed by atoms with Crippen LogP contribution in [-0.4, -0.2) is 44.5 Å². The topological polar surface area (TPSA) is 103 Å². The molecule has 1 aromatic carbocycles. The Bertz CT molecular complexity index is 521. The monoisotopic (exact) mass is 338 g/mol. The molecule has 8 nitrogen and oxygen atoms in total. The van der Waals surface area contributed by atoms with E-state index in [-0.39, 0.29) is 32.3 Å². The van der Waals surface area contributed by atoms with Gasteiger partial charge in [-0.3, -0.25) is 4.79 Å². The zero-order chi connectivity index (χ0) is 17.6. The second kappa shape index (κ2) is 11.8. The van der Waals surface area contributed by atoms with E-state index in [1.807, 2.05) is 6.92 Å². The van der Waals surface area contributed by atoms with Gasteiger partial charge in [0.2, 0.25) is 0 Å². The van der Waals surface area contributed by atoms with Crippen LogP contribution in [0.25, 0.3) is 0 Å². The SMILES string of the molecule is CCCC(=O)OCCNC(=O)NCCOC(=O)Oc1ccccc1. The second-order valence-corrected chi connectivity index (χ2v) is 4.67. The highest BCUT2D eigenvalue weighted by Crippen LogP contribution is 2.08. The Balaban J connectivity index is 2.01. The summed E-state index contributed by atoms with van der Waals surface area (Å²) in [6, 6.07) is 8.07. The van der Waals surface area contributed by atoms with E-state index in [2.05, 4.69) is 10.6 Å². The van der Waals surface area contributed by atoms with E-state index >= 15 is 0 Å². The average molecular weight is 338 g/mol. The van der Waals surface area contributed by atoms with Crippen molar-refractivity contribution in [1.29, 1.82) is 0 Å². The number of esters is 1. The summed E-state index contributed by atoms with van der Waals surface area (Å²) in [5.74, 6) is 0.0934. The fraction of sp³-hybridized carbons (Fsp3) is 0.438. The van der Waals surface area contributed by atoms with Gasteiger partial charge in [-0.25, -0.2) is 9.59 Å². The summed E-state index contributed by atoms with van der Waals surface area (Å²) >= 11 is 0. The molecule has 0 saturated heterocycles. The van der Waals surface area contributed by atoms with Gasteiger partial charge >= 0.3 is 18.2 Å². The van der Waals surface area contributed by atoms with Crippen molar-refractivity contribution in [3.63, 3.8) is 0 Å². The predicted octanol–water partition coefficient (Wildman–Crippen LogP) is 1.84. The smallest absolute Gasteiger partial charge is 0.464 e. The molecule has 0 bridgehead atoms. The molecule has 0 atom stereocenters. The highest BCUT2D eigenvalue weighted by atomic mass is 16.7. The van der Waals surface area contributed by atoms with E-state index in [0.29, 0.717) is 12.2 Å². The van der Waals surface area contributed by atoms with Crippen molar-refractivity contribution in [3.05, 3.63) is 30.3 Å². The third-order valence-corrected chi connectivity index (χ3v) is 2.66. The summed E-state index contributed by atoms with van der Waals surface area (Å²) in [5, 5.41) is 5.00. The maximum absolute atomic E-state index is 11.4. The number of carbonyl (C=O) groups is 3. The van der Waals surface area contributed by atoms with Crippen LogP contribution in [-0.2, 0) is 14.3 Å². The fourth-order valence-corrected chi connectivity index (χ4v) is 1.58. The molecule has 0 unspecified atom stereocenters. The number of para-hydroxylation sites is 1. The van der Waals surface area contributed by atoms with Crippen molar-refractivity contribution in [2.24, 2.45) is 0 Å². The summed E-state index contributed by atoms with van der Waals surface area (Å²) in [7, 11) is 0. The van der Waals surface area contributed by atoms with Crippen LogP contribution in [0.15, 0.2) is 30.3 Å². The Labute approximate surface area is 140 Å². The number of rotatable bonds is 9. The third kappa shape index (κ3) is 9.29. The van der Waals surface area contributed by atoms with Gasteiger partial charge in [0.15, 0.2) is 0 Å². The number of urea groups is 1. The van der Waals surface area contributed by atoms with Crippen molar-refractivity contribution < 1.29 is 28.6 Å². The molecule has 0 spiro atoms. The highest BCUT2D eigenvalue weighted by molar-refractivity contribution is 5.74. The van der Waals surface area contributed by atoms with Crippen LogP contribution in [0.1, 0.15) is 19.8 Å². The number of amides is 2. The molecule has 1 rings (SSSR count). The molecule has 8 heteroatoms. The van der Waals surface area contributed by atoms with Crippen molar-refractivity contribution in [2.75, 3.05) is 26.3 Å². The zero-order valence-electron chi connectivity index (χ0n) is 13.6. The Morgan fingerprint density at radius 3 is 2.21 bits per heavy atom. The lowest BCUT2D eigenvalue weighted by Crippen LogP contribution is -2.39. The first kappa shape index (κ1) is 19.3. The van der Waals surface area contributed by atoms with Crippen LogP contribution in [0.5, 0.6) is 5.75 Å². The van der Waals surface area contributed by atoms with Gasteiger partial charge < -0.3 is 24.8 Å². The summed E-state index contributed by atoms with van der Waals surface area (Å²) in [4.78, 5) is 33.9. The molecule has 0 aliphatic carbocycles. The van der Waals surface area contributed by atoms with Gasteiger partial charge in [-0.1, -0.05) is 25.1 Å². The number of hydrogen-bond acceptors (Lipinski definition) is 6. The second-order valence-electron chi connectivity index (χ2n) is 4.67. The lowest BCUT2D eigenvalue weighted by Gasteiger charge is -2.09. The van der Waals surface area contributed by atoms with E-state index < -0.39 is 12.2 Å². The minimum absolute atomic E-state index is 0.0232. The molecule has 2 N–H and O–H groups in total. The minimum atomic E-state index is -0.841. The van der Waals surface area contributed by atoms with E-state index in [4.69, 9.17) is 14.2 Å². The predicted molar refractivity (Wildman–Crippen MR) is 85.7 cm³/mol. The lowest BCUT2D eigenvalue weighted by molar-refractivity contribution is -0.143. The molecule has 2 amide bonds. The zero-order valence-corrected chi connectivity index (χ0v) is 13.6. The number of nitrogens with one attached hydrogen (secondary N) is 2. The number of ether oxygens (including phenoxy) is 3. The van der Waals surface area contributed by atoms with Crippen molar-refractivity contribution in [1.82, 2.24) is 10.6 Å². The van der Waals surface area contributed by atoms with Gasteiger partial charge in [-0.05, 0) is 18.6 Å². The summed E-state index contributed by atoms with van der Waals surface area (Å²) in [6.45, 7) is 2.31. The maximum Gasteiger partial charge on any atom is 0.513 e. The van der Waals surface area contributed by atoms with Crippen molar-refractivity contribution >= 4 is 18.2 Å². The first-order chi connectivity index (χ1) is 11.6. The Kier molecular flexibility index (Phi) is 9.44. The Hall–Kier alpha value is -2.77. The van der Waals surface area contributed by atoms with Crippen LogP contribution in [0.4, 0.5) is 9.59 Å². The Morgan fingerprint density at radius 2 is 1.58 bits per heavy atom. The molecule has 0 aliphatic heterocycles. The number of hydrogen-bond donors (Lipinski definition) is 2. The van der Waals surface area contributed by atoms with E-state index in [1.54, 1.807) is 30.3 Å². The van der Waals surface area contributed by atoms with Gasteiger partial charge in [0.05, 0.1) is 13.1 Å². The first-order valence-corrected chi connectivity index (χ1v) is 7.68. The van der Waals surface area contributed by atoms with Gasteiger partial charge in [0.1, 0.15) is 19.0 Å². The highest BCUT2D eigenvalue weighted by Gasteiger charge is 2.06. The van der Waals surface area contributed by atoms with Gasteiger partial charge in [0, 0.05) is 6.42 Å². The van der Waals surface area contributed by atoms with Gasteiger partial charge in [-0.2, -0.15) is 0 Å². The molecular formula is C16H22N2O6. The lowest BCUT2D eigenvalue weighted by atomic mass is 10.3. The number of carbonyl (C=O) groups excluding carboxylic acids is 3. The van der Waals surface area contributed by atoms with E-state index in [9.17, 15) is 14.4 Å². The molecule has 0 radical (unpaired) electrons. The van der Waals surface area contributed by atoms with Gasteiger partial charge in [0.25, 0.3) is 0 Å². The van der Waals surface area contributed by atoms with Crippen LogP contribution in [0, 0.1) is 0 Å². The van der Waals surface area contributed by atoms with E-state index in [0.717, 1.165) is 6.42 Å². The van der Waals surface area contributed by atoms with Crippen LogP contribution < -0.4 is 15.4 Å². The average Bonchev–Trinajstić information content (AvgIpc) is 2.57. The van der Waals surface area contributed by atoms with Crippen LogP contribution in [0.2, 0.25) is 0 Å². The summed E-state index contributed by atoms with van der Waals surface area (Å²) in [5.41, 5.74) is 0. The van der Waals surface area contributed by atoms with Crippen molar-refractivity contribution in [3.8, 4) is 5.75 Å². The Morgan fingerprint density at radius 1 is 0.958 bits per heavy atom. The third-order valence-electron chi connectivity index (χ3n) is 2.66. The quantitative estimate of drug-likeness (QED) is 0.405. The fourth-order valence-electron chi connectivity index (χ4n) is 1.58. The molecule has 1 aromatic rings. The summed E-state index contributed by atoms with van der Waals surface area (Å²) < 4.78 is 14.6. The van der Waals surface area contributed by atoms with E-state index in [1.165, 1.54) is 0 Å². The molecule has 24 heavy (non-hydrogen) atoms.